The maximum atomic E-state index is 13.0. The Morgan fingerprint density at radius 3 is 2.68 bits per heavy atom. The van der Waals surface area contributed by atoms with Crippen LogP contribution in [0.15, 0.2) is 71.3 Å². The lowest BCUT2D eigenvalue weighted by Crippen LogP contribution is -2.49. The summed E-state index contributed by atoms with van der Waals surface area (Å²) in [7, 11) is 0. The number of rotatable bonds is 7. The van der Waals surface area contributed by atoms with E-state index in [1.165, 1.54) is 11.2 Å². The average molecular weight is 420 g/mol. The van der Waals surface area contributed by atoms with Gasteiger partial charge in [0, 0.05) is 6.54 Å². The van der Waals surface area contributed by atoms with Gasteiger partial charge in [-0.2, -0.15) is 0 Å². The van der Waals surface area contributed by atoms with Crippen molar-refractivity contribution in [3.63, 3.8) is 0 Å². The Hall–Kier alpha value is -3.58. The largest absolute Gasteiger partial charge is 0.478 e. The maximum absolute atomic E-state index is 13.0. The molecule has 1 aromatic heterocycles. The molecule has 0 saturated carbocycles. The van der Waals surface area contributed by atoms with Gasteiger partial charge in [0.25, 0.3) is 5.91 Å². The summed E-state index contributed by atoms with van der Waals surface area (Å²) in [6.07, 6.45) is 0.319. The first-order chi connectivity index (χ1) is 15.1. The molecule has 2 atom stereocenters. The number of benzene rings is 2. The third-order valence-corrected chi connectivity index (χ3v) is 5.22. The summed E-state index contributed by atoms with van der Waals surface area (Å²) in [6, 6.07) is 18.0. The molecule has 2 unspecified atom stereocenters. The topological polar surface area (TPSA) is 92.0 Å². The third-order valence-electron chi connectivity index (χ3n) is 5.22. The second kappa shape index (κ2) is 9.06. The Labute approximate surface area is 180 Å². The van der Waals surface area contributed by atoms with Crippen LogP contribution in [-0.4, -0.2) is 29.6 Å². The molecule has 7 heteroatoms. The zero-order valence-electron chi connectivity index (χ0n) is 17.2. The third kappa shape index (κ3) is 4.46. The smallest absolute Gasteiger partial charge is 0.268 e. The van der Waals surface area contributed by atoms with E-state index in [0.717, 1.165) is 5.56 Å². The summed E-state index contributed by atoms with van der Waals surface area (Å²) in [6.45, 7) is 2.09. The number of fused-ring (bicyclic) bond motifs is 1. The summed E-state index contributed by atoms with van der Waals surface area (Å²) in [5, 5.41) is 13.5. The number of furan rings is 1. The summed E-state index contributed by atoms with van der Waals surface area (Å²) in [5.41, 5.74) is 1.96. The van der Waals surface area contributed by atoms with E-state index in [9.17, 15) is 14.7 Å². The summed E-state index contributed by atoms with van der Waals surface area (Å²) in [4.78, 5) is 27.0. The molecular weight excluding hydrogens is 396 g/mol. The molecule has 1 aliphatic rings. The molecule has 2 aromatic carbocycles. The first kappa shape index (κ1) is 20.7. The molecule has 160 valence electrons. The van der Waals surface area contributed by atoms with Crippen molar-refractivity contribution in [1.29, 1.82) is 0 Å². The van der Waals surface area contributed by atoms with E-state index >= 15 is 0 Å². The fraction of sp³-hybridized carbons (Fsp3) is 0.250. The van der Waals surface area contributed by atoms with Crippen molar-refractivity contribution in [2.45, 2.75) is 32.1 Å². The molecule has 2 amide bonds. The second-order valence-corrected chi connectivity index (χ2v) is 7.35. The van der Waals surface area contributed by atoms with Crippen LogP contribution < -0.4 is 15.0 Å². The predicted molar refractivity (Wildman–Crippen MR) is 115 cm³/mol. The van der Waals surface area contributed by atoms with Crippen LogP contribution in [0.25, 0.3) is 0 Å². The minimum atomic E-state index is -0.993. The van der Waals surface area contributed by atoms with E-state index in [1.807, 2.05) is 37.3 Å². The predicted octanol–water partition coefficient (Wildman–Crippen LogP) is 3.18. The lowest BCUT2D eigenvalue weighted by atomic mass is 10.0. The van der Waals surface area contributed by atoms with Crippen LogP contribution in [0.4, 0.5) is 5.69 Å². The van der Waals surface area contributed by atoms with E-state index in [2.05, 4.69) is 5.32 Å². The Balaban J connectivity index is 1.56. The highest BCUT2D eigenvalue weighted by molar-refractivity contribution is 6.03. The fourth-order valence-corrected chi connectivity index (χ4v) is 3.54. The number of carbonyl (C=O) groups is 2. The second-order valence-electron chi connectivity index (χ2n) is 7.35. The average Bonchev–Trinajstić information content (AvgIpc) is 3.34. The summed E-state index contributed by atoms with van der Waals surface area (Å²) in [5.74, 6) is 0.325. The molecule has 0 aliphatic carbocycles. The van der Waals surface area contributed by atoms with Gasteiger partial charge in [-0.15, -0.1) is 0 Å². The van der Waals surface area contributed by atoms with Crippen molar-refractivity contribution in [3.8, 4) is 5.75 Å². The van der Waals surface area contributed by atoms with Gasteiger partial charge in [0.2, 0.25) is 5.91 Å². The highest BCUT2D eigenvalue weighted by Gasteiger charge is 2.35. The Bertz CT molecular complexity index is 1050. The van der Waals surface area contributed by atoms with E-state index in [0.29, 0.717) is 35.7 Å². The van der Waals surface area contributed by atoms with Crippen molar-refractivity contribution >= 4 is 17.5 Å². The van der Waals surface area contributed by atoms with Gasteiger partial charge in [-0.05, 0) is 41.8 Å². The number of carbonyl (C=O) groups excluding carboxylic acids is 2. The molecule has 2 heterocycles. The Morgan fingerprint density at radius 2 is 1.97 bits per heavy atom. The fourth-order valence-electron chi connectivity index (χ4n) is 3.54. The molecule has 0 radical (unpaired) electrons. The molecule has 0 bridgehead atoms. The van der Waals surface area contributed by atoms with Gasteiger partial charge in [0.05, 0.1) is 12.0 Å². The molecule has 3 aromatic rings. The quantitative estimate of drug-likeness (QED) is 0.613. The van der Waals surface area contributed by atoms with Crippen LogP contribution in [0.3, 0.4) is 0 Å². The Kier molecular flexibility index (Phi) is 6.04. The van der Waals surface area contributed by atoms with Crippen LogP contribution >= 0.6 is 0 Å². The maximum Gasteiger partial charge on any atom is 0.268 e. The van der Waals surface area contributed by atoms with Gasteiger partial charge in [-0.1, -0.05) is 43.3 Å². The zero-order chi connectivity index (χ0) is 21.8. The normalized spacial score (nSPS) is 16.4. The van der Waals surface area contributed by atoms with Gasteiger partial charge < -0.3 is 19.6 Å². The van der Waals surface area contributed by atoms with Gasteiger partial charge >= 0.3 is 0 Å². The summed E-state index contributed by atoms with van der Waals surface area (Å²) < 4.78 is 11.1. The molecule has 1 aliphatic heterocycles. The van der Waals surface area contributed by atoms with Gasteiger partial charge in [0.15, 0.2) is 6.10 Å². The number of hydrogen-bond acceptors (Lipinski definition) is 5. The molecular formula is C24H24N2O5. The van der Waals surface area contributed by atoms with Crippen molar-refractivity contribution in [2.24, 2.45) is 0 Å². The molecule has 0 saturated heterocycles. The molecule has 0 spiro atoms. The van der Waals surface area contributed by atoms with E-state index in [4.69, 9.17) is 9.15 Å². The number of nitrogens with zero attached hydrogens (tertiary/aromatic N) is 1. The molecule has 31 heavy (non-hydrogen) atoms. The van der Waals surface area contributed by atoms with E-state index < -0.39 is 12.2 Å². The van der Waals surface area contributed by atoms with E-state index in [1.54, 1.807) is 30.3 Å². The number of anilines is 1. The summed E-state index contributed by atoms with van der Waals surface area (Å²) >= 11 is 0. The molecule has 7 nitrogen and oxygen atoms in total. The van der Waals surface area contributed by atoms with Crippen LogP contribution in [0, 0.1) is 0 Å². The van der Waals surface area contributed by atoms with Crippen molar-refractivity contribution in [1.82, 2.24) is 5.32 Å². The number of amides is 2. The lowest BCUT2D eigenvalue weighted by molar-refractivity contribution is -0.129. The standard InChI is InChI=1S/C24H24N2O5/c1-2-19-24(29)26(15-22(27)25-14-16-7-4-3-5-8-16)18-13-17(10-11-20(18)31-19)23(28)21-9-6-12-30-21/h3-13,19,23,28H,2,14-15H2,1H3,(H,25,27). The van der Waals surface area contributed by atoms with Crippen molar-refractivity contribution in [2.75, 3.05) is 11.4 Å². The van der Waals surface area contributed by atoms with Gasteiger partial charge in [-0.3, -0.25) is 14.5 Å². The SMILES string of the molecule is CCC1Oc2ccc(C(O)c3ccco3)cc2N(CC(=O)NCc2ccccc2)C1=O. The number of aliphatic hydroxyl groups is 1. The monoisotopic (exact) mass is 420 g/mol. The highest BCUT2D eigenvalue weighted by atomic mass is 16.5. The number of hydrogen-bond donors (Lipinski definition) is 2. The number of ether oxygens (including phenoxy) is 1. The first-order valence-corrected chi connectivity index (χ1v) is 10.2. The van der Waals surface area contributed by atoms with Crippen LogP contribution in [0.1, 0.15) is 36.3 Å². The number of aliphatic hydroxyl groups excluding tert-OH is 1. The highest BCUT2D eigenvalue weighted by Crippen LogP contribution is 2.37. The minimum absolute atomic E-state index is 0.140. The first-order valence-electron chi connectivity index (χ1n) is 10.2. The molecule has 4 rings (SSSR count). The van der Waals surface area contributed by atoms with Crippen LogP contribution in [-0.2, 0) is 16.1 Å². The lowest BCUT2D eigenvalue weighted by Gasteiger charge is -2.34. The zero-order valence-corrected chi connectivity index (χ0v) is 17.2. The van der Waals surface area contributed by atoms with Crippen LogP contribution in [0.5, 0.6) is 5.75 Å². The molecule has 2 N–H and O–H groups in total. The molecule has 0 fully saturated rings. The van der Waals surface area contributed by atoms with E-state index in [-0.39, 0.29) is 18.4 Å². The number of nitrogens with one attached hydrogen (secondary N) is 1. The van der Waals surface area contributed by atoms with Crippen molar-refractivity contribution in [3.05, 3.63) is 83.8 Å². The minimum Gasteiger partial charge on any atom is -0.478 e. The Morgan fingerprint density at radius 1 is 1.16 bits per heavy atom. The van der Waals surface area contributed by atoms with Crippen molar-refractivity contribution < 1.29 is 23.8 Å². The van der Waals surface area contributed by atoms with Crippen LogP contribution in [0.2, 0.25) is 0 Å². The van der Waals surface area contributed by atoms with Gasteiger partial charge in [-0.25, -0.2) is 0 Å². The van der Waals surface area contributed by atoms with Gasteiger partial charge in [0.1, 0.15) is 24.2 Å².